The van der Waals surface area contributed by atoms with Crippen molar-refractivity contribution in [1.29, 1.82) is 0 Å². The molecule has 0 spiro atoms. The summed E-state index contributed by atoms with van der Waals surface area (Å²) in [6.07, 6.45) is 0.490. The predicted octanol–water partition coefficient (Wildman–Crippen LogP) is 4.06. The molecule has 0 radical (unpaired) electrons. The summed E-state index contributed by atoms with van der Waals surface area (Å²) in [4.78, 5) is 3.76. The Balaban J connectivity index is 0.000000531. The second-order valence-corrected chi connectivity index (χ2v) is 3.49. The molecule has 0 aliphatic rings. The van der Waals surface area contributed by atoms with Gasteiger partial charge in [0.05, 0.1) is 0 Å². The molecule has 0 atom stereocenters. The number of hydrogen-bond acceptors (Lipinski definition) is 1. The van der Waals surface area contributed by atoms with Crippen molar-refractivity contribution in [3.8, 4) is 0 Å². The summed E-state index contributed by atoms with van der Waals surface area (Å²) in [7, 11) is 0. The number of imidazole rings is 1. The molecule has 0 saturated heterocycles. The Bertz CT molecular complexity index is 440. The van der Waals surface area contributed by atoms with Gasteiger partial charge in [-0.2, -0.15) is 0 Å². The Morgan fingerprint density at radius 1 is 1.40 bits per heavy atom. The maximum Gasteiger partial charge on any atom is 0.281 e. The summed E-state index contributed by atoms with van der Waals surface area (Å²) in [5.74, 6) is 0. The summed E-state index contributed by atoms with van der Waals surface area (Å²) in [5, 5.41) is 0. The van der Waals surface area contributed by atoms with Crippen LogP contribution in [-0.2, 0) is 0 Å². The number of rotatable bonds is 1. The largest absolute Gasteiger partial charge is 0.307 e. The minimum atomic E-state index is -2.52. The monoisotopic (exact) mass is 276 g/mol. The lowest BCUT2D eigenvalue weighted by atomic mass is 10.5. The molecule has 0 bridgehead atoms. The van der Waals surface area contributed by atoms with E-state index in [9.17, 15) is 8.78 Å². The van der Waals surface area contributed by atoms with Crippen LogP contribution < -0.4 is 0 Å². The Hall–Kier alpha value is -0.970. The third-order valence-electron chi connectivity index (χ3n) is 1.66. The SMILES string of the molecule is CC.FC(F)c1cn2ccc(Br)cc2n1. The molecule has 82 valence electrons. The quantitative estimate of drug-likeness (QED) is 0.768. The lowest BCUT2D eigenvalue weighted by Gasteiger charge is -1.91. The molecule has 2 aromatic heterocycles. The Kier molecular flexibility index (Phi) is 4.20. The third kappa shape index (κ3) is 2.75. The van der Waals surface area contributed by atoms with Gasteiger partial charge in [-0.05, 0) is 12.1 Å². The van der Waals surface area contributed by atoms with Crippen LogP contribution in [0.25, 0.3) is 5.65 Å². The van der Waals surface area contributed by atoms with Crippen LogP contribution in [0.3, 0.4) is 0 Å². The van der Waals surface area contributed by atoms with E-state index in [2.05, 4.69) is 20.9 Å². The van der Waals surface area contributed by atoms with Crippen LogP contribution in [0.2, 0.25) is 0 Å². The predicted molar refractivity (Wildman–Crippen MR) is 59.2 cm³/mol. The van der Waals surface area contributed by atoms with Gasteiger partial charge in [-0.3, -0.25) is 0 Å². The molecule has 0 fully saturated rings. The highest BCUT2D eigenvalue weighted by molar-refractivity contribution is 9.10. The van der Waals surface area contributed by atoms with Crippen molar-refractivity contribution < 1.29 is 8.78 Å². The fourth-order valence-electron chi connectivity index (χ4n) is 1.08. The lowest BCUT2D eigenvalue weighted by Crippen LogP contribution is -1.80. The molecule has 5 heteroatoms. The average Bonchev–Trinajstić information content (AvgIpc) is 2.63. The summed E-state index contributed by atoms with van der Waals surface area (Å²) >= 11 is 3.24. The van der Waals surface area contributed by atoms with E-state index in [0.717, 1.165) is 4.47 Å². The van der Waals surface area contributed by atoms with Gasteiger partial charge in [-0.1, -0.05) is 29.8 Å². The first-order valence-corrected chi connectivity index (χ1v) is 5.38. The van der Waals surface area contributed by atoms with Gasteiger partial charge in [0.25, 0.3) is 6.43 Å². The first-order chi connectivity index (χ1) is 7.16. The van der Waals surface area contributed by atoms with E-state index in [-0.39, 0.29) is 5.69 Å². The van der Waals surface area contributed by atoms with E-state index in [1.54, 1.807) is 22.7 Å². The van der Waals surface area contributed by atoms with E-state index in [4.69, 9.17) is 0 Å². The highest BCUT2D eigenvalue weighted by Crippen LogP contribution is 2.19. The Morgan fingerprint density at radius 3 is 2.67 bits per heavy atom. The number of aromatic nitrogens is 2. The number of hydrogen-bond donors (Lipinski definition) is 0. The molecule has 2 rings (SSSR count). The molecule has 0 aromatic carbocycles. The van der Waals surface area contributed by atoms with Gasteiger partial charge < -0.3 is 4.40 Å². The molecule has 0 saturated carbocycles. The number of nitrogens with zero attached hydrogens (tertiary/aromatic N) is 2. The zero-order valence-electron chi connectivity index (χ0n) is 8.42. The first-order valence-electron chi connectivity index (χ1n) is 4.59. The van der Waals surface area contributed by atoms with E-state index in [0.29, 0.717) is 5.65 Å². The number of fused-ring (bicyclic) bond motifs is 1. The van der Waals surface area contributed by atoms with Crippen molar-refractivity contribution in [1.82, 2.24) is 9.38 Å². The van der Waals surface area contributed by atoms with E-state index >= 15 is 0 Å². The zero-order valence-corrected chi connectivity index (χ0v) is 10.0. The lowest BCUT2D eigenvalue weighted by molar-refractivity contribution is 0.147. The molecule has 0 N–H and O–H groups in total. The van der Waals surface area contributed by atoms with E-state index in [1.807, 2.05) is 13.8 Å². The van der Waals surface area contributed by atoms with Crippen molar-refractivity contribution in [2.24, 2.45) is 0 Å². The van der Waals surface area contributed by atoms with Gasteiger partial charge in [-0.25, -0.2) is 13.8 Å². The van der Waals surface area contributed by atoms with Crippen molar-refractivity contribution in [2.45, 2.75) is 20.3 Å². The van der Waals surface area contributed by atoms with Crippen LogP contribution in [0.4, 0.5) is 8.78 Å². The minimum Gasteiger partial charge on any atom is -0.307 e. The molecule has 15 heavy (non-hydrogen) atoms. The third-order valence-corrected chi connectivity index (χ3v) is 2.16. The van der Waals surface area contributed by atoms with Crippen LogP contribution >= 0.6 is 15.9 Å². The second kappa shape index (κ2) is 5.21. The van der Waals surface area contributed by atoms with Gasteiger partial charge in [0.2, 0.25) is 0 Å². The molecule has 0 aliphatic heterocycles. The van der Waals surface area contributed by atoms with Crippen LogP contribution in [0.5, 0.6) is 0 Å². The highest BCUT2D eigenvalue weighted by Gasteiger charge is 2.11. The van der Waals surface area contributed by atoms with Gasteiger partial charge in [0.1, 0.15) is 11.3 Å². The fraction of sp³-hybridized carbons (Fsp3) is 0.300. The van der Waals surface area contributed by atoms with Crippen molar-refractivity contribution in [2.75, 3.05) is 0 Å². The van der Waals surface area contributed by atoms with E-state index < -0.39 is 6.43 Å². The minimum absolute atomic E-state index is 0.196. The molecule has 2 heterocycles. The van der Waals surface area contributed by atoms with Crippen molar-refractivity contribution >= 4 is 21.6 Å². The van der Waals surface area contributed by atoms with Crippen molar-refractivity contribution in [3.63, 3.8) is 0 Å². The fourth-order valence-corrected chi connectivity index (χ4v) is 1.40. The highest BCUT2D eigenvalue weighted by atomic mass is 79.9. The van der Waals surface area contributed by atoms with Crippen LogP contribution in [0.15, 0.2) is 29.0 Å². The smallest absolute Gasteiger partial charge is 0.281 e. The normalized spacial score (nSPS) is 10.3. The molecular formula is C10H11BrF2N2. The van der Waals surface area contributed by atoms with E-state index in [1.165, 1.54) is 6.20 Å². The average molecular weight is 277 g/mol. The molecule has 2 aromatic rings. The van der Waals surface area contributed by atoms with Gasteiger partial charge in [0.15, 0.2) is 0 Å². The van der Waals surface area contributed by atoms with Crippen LogP contribution in [0.1, 0.15) is 26.0 Å². The molecule has 0 aliphatic carbocycles. The number of alkyl halides is 2. The van der Waals surface area contributed by atoms with Crippen molar-refractivity contribution in [3.05, 3.63) is 34.7 Å². The van der Waals surface area contributed by atoms with Crippen LogP contribution in [-0.4, -0.2) is 9.38 Å². The van der Waals surface area contributed by atoms with Gasteiger partial charge >= 0.3 is 0 Å². The zero-order chi connectivity index (χ0) is 11.4. The standard InChI is InChI=1S/C8H5BrF2N2.C2H6/c9-5-1-2-13-4-6(8(10)11)12-7(13)3-5;1-2/h1-4,8H;1-2H3. The topological polar surface area (TPSA) is 17.3 Å². The Labute approximate surface area is 95.1 Å². The molecule has 2 nitrogen and oxygen atoms in total. The maximum absolute atomic E-state index is 12.2. The van der Waals surface area contributed by atoms with Gasteiger partial charge in [-0.15, -0.1) is 0 Å². The summed E-state index contributed by atoms with van der Waals surface area (Å²) in [5.41, 5.74) is 0.322. The summed E-state index contributed by atoms with van der Waals surface area (Å²) in [6.45, 7) is 4.00. The molecular weight excluding hydrogens is 266 g/mol. The Morgan fingerprint density at radius 2 is 2.07 bits per heavy atom. The first kappa shape index (κ1) is 12.1. The summed E-state index contributed by atoms with van der Waals surface area (Å²) < 4.78 is 26.8. The van der Waals surface area contributed by atoms with Gasteiger partial charge in [0, 0.05) is 16.9 Å². The van der Waals surface area contributed by atoms with Crippen LogP contribution in [0, 0.1) is 0 Å². The molecule has 0 unspecified atom stereocenters. The molecule has 0 amide bonds. The summed E-state index contributed by atoms with van der Waals surface area (Å²) in [6, 6.07) is 3.45. The maximum atomic E-state index is 12.2. The number of halogens is 3. The number of pyridine rings is 1. The second-order valence-electron chi connectivity index (χ2n) is 2.58.